The number of benzene rings is 1. The lowest BCUT2D eigenvalue weighted by Crippen LogP contribution is -2.41. The molecule has 3 rings (SSSR count). The highest BCUT2D eigenvalue weighted by atomic mass is 19.1. The number of rotatable bonds is 4. The number of nitriles is 1. The molecule has 0 unspecified atom stereocenters. The van der Waals surface area contributed by atoms with E-state index in [1.807, 2.05) is 10.8 Å². The molecule has 1 aliphatic heterocycles. The van der Waals surface area contributed by atoms with Gasteiger partial charge in [-0.2, -0.15) is 10.4 Å². The van der Waals surface area contributed by atoms with Crippen LogP contribution in [0.1, 0.15) is 30.4 Å². The summed E-state index contributed by atoms with van der Waals surface area (Å²) < 4.78 is 15.9. The van der Waals surface area contributed by atoms with Crippen LogP contribution >= 0.6 is 0 Å². The summed E-state index contributed by atoms with van der Waals surface area (Å²) in [7, 11) is 0. The zero-order valence-electron chi connectivity index (χ0n) is 12.3. The van der Waals surface area contributed by atoms with Gasteiger partial charge in [0, 0.05) is 18.2 Å². The minimum atomic E-state index is -0.302. The second-order valence-electron chi connectivity index (χ2n) is 5.66. The van der Waals surface area contributed by atoms with Gasteiger partial charge in [0.15, 0.2) is 0 Å². The molecule has 1 atom stereocenters. The molecule has 0 radical (unpaired) electrons. The molecular weight excluding hydrogens is 281 g/mol. The summed E-state index contributed by atoms with van der Waals surface area (Å²) in [5.41, 5.74) is 1.00. The van der Waals surface area contributed by atoms with Crippen LogP contribution in [0.3, 0.4) is 0 Å². The Morgan fingerprint density at radius 1 is 1.36 bits per heavy atom. The molecule has 1 aromatic heterocycles. The molecule has 1 saturated heterocycles. The zero-order chi connectivity index (χ0) is 15.4. The van der Waals surface area contributed by atoms with E-state index in [4.69, 9.17) is 5.26 Å². The maximum absolute atomic E-state index is 14.1. The Hall–Kier alpha value is -2.26. The first kappa shape index (κ1) is 14.7. The van der Waals surface area contributed by atoms with E-state index in [0.29, 0.717) is 23.7 Å². The maximum Gasteiger partial charge on any atom is 0.137 e. The molecule has 1 fully saturated rings. The molecular formula is C16H18FN5. The number of nitrogens with zero attached hydrogens (tertiary/aromatic N) is 5. The predicted molar refractivity (Wildman–Crippen MR) is 79.2 cm³/mol. The van der Waals surface area contributed by atoms with Gasteiger partial charge >= 0.3 is 0 Å². The van der Waals surface area contributed by atoms with Gasteiger partial charge in [0.1, 0.15) is 18.5 Å². The normalized spacial score (nSPS) is 19.0. The number of hydrogen-bond donors (Lipinski definition) is 0. The number of halogens is 1. The van der Waals surface area contributed by atoms with Crippen LogP contribution in [0, 0.1) is 17.1 Å². The highest BCUT2D eigenvalue weighted by molar-refractivity contribution is 5.32. The average Bonchev–Trinajstić information content (AvgIpc) is 3.04. The first-order valence-corrected chi connectivity index (χ1v) is 7.51. The van der Waals surface area contributed by atoms with Gasteiger partial charge < -0.3 is 0 Å². The second kappa shape index (κ2) is 6.67. The maximum atomic E-state index is 14.1. The van der Waals surface area contributed by atoms with Crippen LogP contribution in [0.4, 0.5) is 4.39 Å². The fraction of sp³-hybridized carbons (Fsp3) is 0.438. The number of likely N-dealkylation sites (tertiary alicyclic amines) is 1. The predicted octanol–water partition coefficient (Wildman–Crippen LogP) is 2.34. The summed E-state index contributed by atoms with van der Waals surface area (Å²) in [6.07, 6.45) is 6.65. The molecule has 0 amide bonds. The van der Waals surface area contributed by atoms with Crippen LogP contribution in [0.2, 0.25) is 0 Å². The Bertz CT molecular complexity index is 662. The molecule has 0 spiro atoms. The highest BCUT2D eigenvalue weighted by Gasteiger charge is 2.24. The van der Waals surface area contributed by atoms with Gasteiger partial charge in [-0.1, -0.05) is 12.5 Å². The summed E-state index contributed by atoms with van der Waals surface area (Å²) in [6, 6.07) is 7.01. The van der Waals surface area contributed by atoms with E-state index in [1.54, 1.807) is 18.5 Å². The monoisotopic (exact) mass is 299 g/mol. The average molecular weight is 299 g/mol. The third kappa shape index (κ3) is 3.31. The second-order valence-corrected chi connectivity index (χ2v) is 5.66. The molecule has 2 heterocycles. The fourth-order valence-electron chi connectivity index (χ4n) is 2.98. The molecule has 0 N–H and O–H groups in total. The van der Waals surface area contributed by atoms with E-state index in [1.165, 1.54) is 18.8 Å². The number of hydrogen-bond acceptors (Lipinski definition) is 4. The minimum Gasteiger partial charge on any atom is -0.294 e. The summed E-state index contributed by atoms with van der Waals surface area (Å²) in [4.78, 5) is 6.27. The van der Waals surface area contributed by atoms with Crippen molar-refractivity contribution in [3.63, 3.8) is 0 Å². The lowest BCUT2D eigenvalue weighted by molar-refractivity contribution is 0.120. The van der Waals surface area contributed by atoms with E-state index in [2.05, 4.69) is 15.0 Å². The fourth-order valence-corrected chi connectivity index (χ4v) is 2.98. The van der Waals surface area contributed by atoms with Gasteiger partial charge in [-0.15, -0.1) is 0 Å². The van der Waals surface area contributed by atoms with Crippen LogP contribution in [-0.4, -0.2) is 32.3 Å². The molecule has 2 aromatic rings. The topological polar surface area (TPSA) is 57.7 Å². The molecule has 0 bridgehead atoms. The molecule has 114 valence electrons. The minimum absolute atomic E-state index is 0.302. The first-order chi connectivity index (χ1) is 10.8. The largest absolute Gasteiger partial charge is 0.294 e. The Kier molecular flexibility index (Phi) is 4.45. The van der Waals surface area contributed by atoms with Crippen LogP contribution in [-0.2, 0) is 13.1 Å². The summed E-state index contributed by atoms with van der Waals surface area (Å²) in [5, 5.41) is 13.0. The SMILES string of the molecule is N#Cc1ccc(CN2CCCC[C@H]2Cn2cncn2)c(F)c1. The molecule has 0 aliphatic carbocycles. The van der Waals surface area contributed by atoms with Crippen molar-refractivity contribution in [3.8, 4) is 6.07 Å². The molecule has 1 aliphatic rings. The molecule has 6 heteroatoms. The number of piperidine rings is 1. The lowest BCUT2D eigenvalue weighted by Gasteiger charge is -2.35. The van der Waals surface area contributed by atoms with Crippen molar-refractivity contribution in [2.45, 2.75) is 38.4 Å². The smallest absolute Gasteiger partial charge is 0.137 e. The van der Waals surface area contributed by atoms with Crippen molar-refractivity contribution >= 4 is 0 Å². The third-order valence-electron chi connectivity index (χ3n) is 4.17. The van der Waals surface area contributed by atoms with E-state index in [0.717, 1.165) is 25.9 Å². The van der Waals surface area contributed by atoms with E-state index >= 15 is 0 Å². The van der Waals surface area contributed by atoms with E-state index in [-0.39, 0.29) is 5.82 Å². The molecule has 22 heavy (non-hydrogen) atoms. The zero-order valence-corrected chi connectivity index (χ0v) is 12.3. The third-order valence-corrected chi connectivity index (χ3v) is 4.17. The van der Waals surface area contributed by atoms with Crippen molar-refractivity contribution < 1.29 is 4.39 Å². The van der Waals surface area contributed by atoms with Gasteiger partial charge in [0.05, 0.1) is 18.2 Å². The Labute approximate surface area is 129 Å². The lowest BCUT2D eigenvalue weighted by atomic mass is 10.0. The Morgan fingerprint density at radius 3 is 3.00 bits per heavy atom. The van der Waals surface area contributed by atoms with E-state index < -0.39 is 0 Å². The summed E-state index contributed by atoms with van der Waals surface area (Å²) >= 11 is 0. The van der Waals surface area contributed by atoms with Gasteiger partial charge in [0.2, 0.25) is 0 Å². The Balaban J connectivity index is 1.72. The van der Waals surface area contributed by atoms with Crippen molar-refractivity contribution in [2.24, 2.45) is 0 Å². The summed E-state index contributed by atoms with van der Waals surface area (Å²) in [6.45, 7) is 2.30. The quantitative estimate of drug-likeness (QED) is 0.869. The van der Waals surface area contributed by atoms with Crippen molar-refractivity contribution in [3.05, 3.63) is 47.8 Å². The summed E-state index contributed by atoms with van der Waals surface area (Å²) in [5.74, 6) is -0.302. The van der Waals surface area contributed by atoms with Crippen molar-refractivity contribution in [1.82, 2.24) is 19.7 Å². The Morgan fingerprint density at radius 2 is 2.27 bits per heavy atom. The van der Waals surface area contributed by atoms with E-state index in [9.17, 15) is 4.39 Å². The first-order valence-electron chi connectivity index (χ1n) is 7.51. The molecule has 1 aromatic carbocycles. The van der Waals surface area contributed by atoms with Gasteiger partial charge in [0.25, 0.3) is 0 Å². The standard InChI is InChI=1S/C16H18FN5/c17-16-7-13(8-18)4-5-14(16)9-21-6-2-1-3-15(21)10-22-12-19-11-20-22/h4-5,7,11-12,15H,1-3,6,9-10H2/t15-/m0/s1. The van der Waals surface area contributed by atoms with Crippen LogP contribution < -0.4 is 0 Å². The van der Waals surface area contributed by atoms with Crippen molar-refractivity contribution in [2.75, 3.05) is 6.54 Å². The van der Waals surface area contributed by atoms with Crippen molar-refractivity contribution in [1.29, 1.82) is 5.26 Å². The van der Waals surface area contributed by atoms with Crippen LogP contribution in [0.5, 0.6) is 0 Å². The highest BCUT2D eigenvalue weighted by Crippen LogP contribution is 2.22. The van der Waals surface area contributed by atoms with Crippen LogP contribution in [0.15, 0.2) is 30.9 Å². The molecule has 0 saturated carbocycles. The van der Waals surface area contributed by atoms with Gasteiger partial charge in [-0.25, -0.2) is 9.37 Å². The number of aromatic nitrogens is 3. The van der Waals surface area contributed by atoms with Gasteiger partial charge in [-0.3, -0.25) is 9.58 Å². The van der Waals surface area contributed by atoms with Crippen LogP contribution in [0.25, 0.3) is 0 Å². The van der Waals surface area contributed by atoms with Gasteiger partial charge in [-0.05, 0) is 31.5 Å². The molecule has 5 nitrogen and oxygen atoms in total.